The molecule has 0 aromatic heterocycles. The molecule has 20 heavy (non-hydrogen) atoms. The quantitative estimate of drug-likeness (QED) is 0.737. The molecular formula is C13H20N2O4S. The minimum Gasteiger partial charge on any atom is -0.274 e. The summed E-state index contributed by atoms with van der Waals surface area (Å²) in [6.07, 6.45) is 0.0180. The summed E-state index contributed by atoms with van der Waals surface area (Å²) in [6.45, 7) is 5.76. The standard InChI is InChI=1S/C13H20N2O4S/c1-4-19-15-13(16)7-8-14-20(17,18)12-6-5-10(2)9-11(12)3/h5-6,9,14H,4,7-8H2,1-3H3,(H,15,16). The highest BCUT2D eigenvalue weighted by Gasteiger charge is 2.16. The molecule has 0 heterocycles. The van der Waals surface area contributed by atoms with Crippen LogP contribution in [0.25, 0.3) is 0 Å². The van der Waals surface area contributed by atoms with Crippen molar-refractivity contribution in [3.05, 3.63) is 29.3 Å². The lowest BCUT2D eigenvalue weighted by atomic mass is 10.2. The molecule has 6 nitrogen and oxygen atoms in total. The van der Waals surface area contributed by atoms with Crippen LogP contribution < -0.4 is 10.2 Å². The van der Waals surface area contributed by atoms with Gasteiger partial charge in [-0.25, -0.2) is 18.6 Å². The van der Waals surface area contributed by atoms with Crippen LogP contribution >= 0.6 is 0 Å². The minimum atomic E-state index is -3.59. The lowest BCUT2D eigenvalue weighted by Crippen LogP contribution is -2.31. The highest BCUT2D eigenvalue weighted by Crippen LogP contribution is 2.15. The summed E-state index contributed by atoms with van der Waals surface area (Å²) in [6, 6.07) is 5.10. The van der Waals surface area contributed by atoms with Crippen LogP contribution in [-0.4, -0.2) is 27.5 Å². The van der Waals surface area contributed by atoms with E-state index in [2.05, 4.69) is 10.2 Å². The first-order chi connectivity index (χ1) is 9.36. The molecule has 0 unspecified atom stereocenters. The molecule has 1 amide bonds. The first kappa shape index (κ1) is 16.6. The smallest absolute Gasteiger partial charge is 0.244 e. The van der Waals surface area contributed by atoms with Gasteiger partial charge in [-0.15, -0.1) is 0 Å². The van der Waals surface area contributed by atoms with E-state index < -0.39 is 10.0 Å². The summed E-state index contributed by atoms with van der Waals surface area (Å²) in [7, 11) is -3.59. The summed E-state index contributed by atoms with van der Waals surface area (Å²) >= 11 is 0. The highest BCUT2D eigenvalue weighted by atomic mass is 32.2. The Morgan fingerprint density at radius 1 is 1.30 bits per heavy atom. The van der Waals surface area contributed by atoms with E-state index in [1.165, 1.54) is 0 Å². The maximum Gasteiger partial charge on any atom is 0.244 e. The number of amides is 1. The zero-order valence-electron chi connectivity index (χ0n) is 11.9. The summed E-state index contributed by atoms with van der Waals surface area (Å²) in [5.41, 5.74) is 3.88. The van der Waals surface area contributed by atoms with Crippen LogP contribution in [0.1, 0.15) is 24.5 Å². The van der Waals surface area contributed by atoms with Gasteiger partial charge in [0.15, 0.2) is 0 Å². The molecule has 112 valence electrons. The number of hydroxylamine groups is 1. The van der Waals surface area contributed by atoms with Gasteiger partial charge in [0.2, 0.25) is 15.9 Å². The molecule has 0 aliphatic carbocycles. The van der Waals surface area contributed by atoms with Crippen molar-refractivity contribution in [2.75, 3.05) is 13.2 Å². The van der Waals surface area contributed by atoms with Gasteiger partial charge in [0, 0.05) is 13.0 Å². The second kappa shape index (κ2) is 7.37. The van der Waals surface area contributed by atoms with Gasteiger partial charge < -0.3 is 0 Å². The fraction of sp³-hybridized carbons (Fsp3) is 0.462. The molecule has 0 radical (unpaired) electrons. The monoisotopic (exact) mass is 300 g/mol. The minimum absolute atomic E-state index is 0.0180. The van der Waals surface area contributed by atoms with Gasteiger partial charge in [-0.05, 0) is 32.4 Å². The van der Waals surface area contributed by atoms with Crippen molar-refractivity contribution in [3.8, 4) is 0 Å². The maximum absolute atomic E-state index is 12.1. The van der Waals surface area contributed by atoms with Crippen molar-refractivity contribution in [3.63, 3.8) is 0 Å². The van der Waals surface area contributed by atoms with E-state index in [1.54, 1.807) is 32.0 Å². The van der Waals surface area contributed by atoms with Crippen LogP contribution in [0, 0.1) is 13.8 Å². The van der Waals surface area contributed by atoms with Gasteiger partial charge >= 0.3 is 0 Å². The number of hydrogen-bond donors (Lipinski definition) is 2. The van der Waals surface area contributed by atoms with E-state index in [1.807, 2.05) is 6.92 Å². The zero-order valence-corrected chi connectivity index (χ0v) is 12.7. The molecule has 0 aliphatic rings. The Bertz CT molecular complexity index is 570. The van der Waals surface area contributed by atoms with Crippen molar-refractivity contribution in [2.24, 2.45) is 0 Å². The molecule has 1 rings (SSSR count). The van der Waals surface area contributed by atoms with Gasteiger partial charge in [0.05, 0.1) is 11.5 Å². The Balaban J connectivity index is 2.60. The molecule has 0 aliphatic heterocycles. The van der Waals surface area contributed by atoms with E-state index in [0.717, 1.165) is 5.56 Å². The number of carbonyl (C=O) groups is 1. The number of rotatable bonds is 7. The molecule has 1 aromatic carbocycles. The lowest BCUT2D eigenvalue weighted by molar-refractivity contribution is -0.132. The molecule has 0 spiro atoms. The Labute approximate surface area is 119 Å². The predicted octanol–water partition coefficient (Wildman–Crippen LogP) is 1.04. The molecule has 2 N–H and O–H groups in total. The van der Waals surface area contributed by atoms with Crippen LogP contribution in [0.15, 0.2) is 23.1 Å². The van der Waals surface area contributed by atoms with E-state index in [9.17, 15) is 13.2 Å². The second-order valence-electron chi connectivity index (χ2n) is 4.37. The largest absolute Gasteiger partial charge is 0.274 e. The van der Waals surface area contributed by atoms with Crippen LogP contribution in [0.3, 0.4) is 0 Å². The Hall–Kier alpha value is -1.44. The zero-order chi connectivity index (χ0) is 15.2. The van der Waals surface area contributed by atoms with Crippen molar-refractivity contribution >= 4 is 15.9 Å². The first-order valence-corrected chi connectivity index (χ1v) is 7.82. The third-order valence-corrected chi connectivity index (χ3v) is 4.22. The van der Waals surface area contributed by atoms with Gasteiger partial charge in [-0.1, -0.05) is 17.7 Å². The molecule has 0 fully saturated rings. The van der Waals surface area contributed by atoms with E-state index >= 15 is 0 Å². The number of carbonyl (C=O) groups excluding carboxylic acids is 1. The second-order valence-corrected chi connectivity index (χ2v) is 6.11. The van der Waals surface area contributed by atoms with E-state index in [0.29, 0.717) is 12.2 Å². The molecular weight excluding hydrogens is 280 g/mol. The molecule has 0 saturated carbocycles. The van der Waals surface area contributed by atoms with Crippen molar-refractivity contribution < 1.29 is 18.0 Å². The average molecular weight is 300 g/mol. The van der Waals surface area contributed by atoms with Crippen molar-refractivity contribution in [1.29, 1.82) is 0 Å². The molecule has 7 heteroatoms. The van der Waals surface area contributed by atoms with E-state index in [-0.39, 0.29) is 23.8 Å². The summed E-state index contributed by atoms with van der Waals surface area (Å²) in [4.78, 5) is 16.2. The molecule has 0 saturated heterocycles. The van der Waals surface area contributed by atoms with Crippen LogP contribution in [-0.2, 0) is 19.7 Å². The average Bonchev–Trinajstić information content (AvgIpc) is 2.35. The van der Waals surface area contributed by atoms with Crippen LogP contribution in [0.2, 0.25) is 0 Å². The first-order valence-electron chi connectivity index (χ1n) is 6.34. The predicted molar refractivity (Wildman–Crippen MR) is 75.5 cm³/mol. The van der Waals surface area contributed by atoms with Gasteiger partial charge in [0.1, 0.15) is 0 Å². The number of benzene rings is 1. The number of sulfonamides is 1. The maximum atomic E-state index is 12.1. The Kier molecular flexibility index (Phi) is 6.12. The number of nitrogens with one attached hydrogen (secondary N) is 2. The lowest BCUT2D eigenvalue weighted by Gasteiger charge is -2.10. The highest BCUT2D eigenvalue weighted by molar-refractivity contribution is 7.89. The van der Waals surface area contributed by atoms with E-state index in [4.69, 9.17) is 4.84 Å². The molecule has 0 bridgehead atoms. The number of aryl methyl sites for hydroxylation is 2. The van der Waals surface area contributed by atoms with Gasteiger partial charge in [0.25, 0.3) is 0 Å². The van der Waals surface area contributed by atoms with Crippen molar-refractivity contribution in [1.82, 2.24) is 10.2 Å². The van der Waals surface area contributed by atoms with Gasteiger partial charge in [-0.2, -0.15) is 0 Å². The topological polar surface area (TPSA) is 84.5 Å². The number of hydrogen-bond acceptors (Lipinski definition) is 4. The molecule has 1 aromatic rings. The van der Waals surface area contributed by atoms with Crippen LogP contribution in [0.4, 0.5) is 0 Å². The Morgan fingerprint density at radius 3 is 2.60 bits per heavy atom. The van der Waals surface area contributed by atoms with Gasteiger partial charge in [-0.3, -0.25) is 9.63 Å². The van der Waals surface area contributed by atoms with Crippen LogP contribution in [0.5, 0.6) is 0 Å². The molecule has 0 atom stereocenters. The fourth-order valence-electron chi connectivity index (χ4n) is 1.68. The van der Waals surface area contributed by atoms with Crippen molar-refractivity contribution in [2.45, 2.75) is 32.1 Å². The summed E-state index contributed by atoms with van der Waals surface area (Å²) in [5, 5.41) is 0. The third-order valence-electron chi connectivity index (χ3n) is 2.59. The normalized spacial score (nSPS) is 11.3. The third kappa shape index (κ3) is 4.92. The SMILES string of the molecule is CCONC(=O)CCNS(=O)(=O)c1ccc(C)cc1C. The Morgan fingerprint density at radius 2 is 2.00 bits per heavy atom. The summed E-state index contributed by atoms with van der Waals surface area (Å²) in [5.74, 6) is -0.366. The fourth-order valence-corrected chi connectivity index (χ4v) is 2.94. The summed E-state index contributed by atoms with van der Waals surface area (Å²) < 4.78 is 26.6.